The van der Waals surface area contributed by atoms with Gasteiger partial charge in [-0.3, -0.25) is 4.79 Å². The molecule has 1 atom stereocenters. The van der Waals surface area contributed by atoms with Crippen LogP contribution >= 0.6 is 0 Å². The van der Waals surface area contributed by atoms with Gasteiger partial charge in [-0.05, 0) is 26.0 Å². The van der Waals surface area contributed by atoms with Gasteiger partial charge in [0.1, 0.15) is 11.4 Å². The van der Waals surface area contributed by atoms with Gasteiger partial charge in [-0.15, -0.1) is 0 Å². The molecule has 1 unspecified atom stereocenters. The van der Waals surface area contributed by atoms with Crippen molar-refractivity contribution in [3.63, 3.8) is 0 Å². The second-order valence-electron chi connectivity index (χ2n) is 6.07. The highest BCUT2D eigenvalue weighted by Gasteiger charge is 2.33. The van der Waals surface area contributed by atoms with Gasteiger partial charge in [-0.25, -0.2) is 4.68 Å². The molecule has 0 aliphatic carbocycles. The van der Waals surface area contributed by atoms with Gasteiger partial charge in [0.2, 0.25) is 0 Å². The Bertz CT molecular complexity index is 784. The summed E-state index contributed by atoms with van der Waals surface area (Å²) in [6.45, 7) is 4.21. The van der Waals surface area contributed by atoms with Crippen molar-refractivity contribution in [2.24, 2.45) is 5.16 Å². The number of para-hydroxylation sites is 2. The molecule has 1 aliphatic rings. The van der Waals surface area contributed by atoms with Crippen LogP contribution in [-0.2, 0) is 4.84 Å². The topological polar surface area (TPSA) is 77.7 Å². The average molecular weight is 328 g/mol. The first-order valence-corrected chi connectivity index (χ1v) is 7.69. The van der Waals surface area contributed by atoms with Crippen LogP contribution in [-0.4, -0.2) is 40.7 Å². The number of hydrogen-bond donors (Lipinski definition) is 1. The molecule has 0 radical (unpaired) electrons. The Morgan fingerprint density at radius 1 is 1.46 bits per heavy atom. The molecule has 7 nitrogen and oxygen atoms in total. The largest absolute Gasteiger partial charge is 0.494 e. The van der Waals surface area contributed by atoms with Crippen molar-refractivity contribution in [3.05, 3.63) is 42.2 Å². The molecule has 7 heteroatoms. The first-order valence-electron chi connectivity index (χ1n) is 7.69. The van der Waals surface area contributed by atoms with Crippen molar-refractivity contribution in [2.45, 2.75) is 25.9 Å². The van der Waals surface area contributed by atoms with E-state index in [0.717, 1.165) is 11.4 Å². The Morgan fingerprint density at radius 2 is 2.25 bits per heavy atom. The highest BCUT2D eigenvalue weighted by molar-refractivity contribution is 5.94. The van der Waals surface area contributed by atoms with Crippen LogP contribution in [0, 0.1) is 0 Å². The minimum absolute atomic E-state index is 0.203. The minimum Gasteiger partial charge on any atom is -0.494 e. The van der Waals surface area contributed by atoms with Gasteiger partial charge in [0, 0.05) is 12.6 Å². The third-order valence-corrected chi connectivity index (χ3v) is 3.85. The van der Waals surface area contributed by atoms with Crippen molar-refractivity contribution < 1.29 is 14.4 Å². The first-order chi connectivity index (χ1) is 11.5. The lowest BCUT2D eigenvalue weighted by atomic mass is 10.0. The van der Waals surface area contributed by atoms with Crippen LogP contribution in [0.3, 0.4) is 0 Å². The maximum atomic E-state index is 12.3. The van der Waals surface area contributed by atoms with Gasteiger partial charge in [0.25, 0.3) is 5.91 Å². The van der Waals surface area contributed by atoms with Crippen LogP contribution in [0.15, 0.2) is 41.8 Å². The number of carbonyl (C=O) groups excluding carboxylic acids is 1. The molecule has 1 N–H and O–H groups in total. The van der Waals surface area contributed by atoms with E-state index in [-0.39, 0.29) is 5.91 Å². The van der Waals surface area contributed by atoms with Crippen LogP contribution in [0.1, 0.15) is 30.6 Å². The van der Waals surface area contributed by atoms with E-state index in [9.17, 15) is 4.79 Å². The first kappa shape index (κ1) is 16.0. The van der Waals surface area contributed by atoms with Gasteiger partial charge >= 0.3 is 0 Å². The number of carbonyl (C=O) groups is 1. The average Bonchev–Trinajstić information content (AvgIpc) is 3.20. The zero-order chi connectivity index (χ0) is 17.2. The van der Waals surface area contributed by atoms with Crippen molar-refractivity contribution in [1.82, 2.24) is 15.1 Å². The molecular formula is C17H20N4O3. The van der Waals surface area contributed by atoms with E-state index in [1.54, 1.807) is 18.0 Å². The summed E-state index contributed by atoms with van der Waals surface area (Å²) in [4.78, 5) is 17.7. The van der Waals surface area contributed by atoms with Gasteiger partial charge in [-0.2, -0.15) is 5.10 Å². The molecule has 0 saturated carbocycles. The van der Waals surface area contributed by atoms with E-state index >= 15 is 0 Å². The highest BCUT2D eigenvalue weighted by Crippen LogP contribution is 2.23. The van der Waals surface area contributed by atoms with Crippen molar-refractivity contribution in [3.8, 4) is 11.4 Å². The second-order valence-corrected chi connectivity index (χ2v) is 6.07. The number of ether oxygens (including phenoxy) is 1. The van der Waals surface area contributed by atoms with Crippen molar-refractivity contribution in [2.75, 3.05) is 13.7 Å². The number of oxime groups is 1. The van der Waals surface area contributed by atoms with E-state index in [1.165, 1.54) is 6.20 Å². The zero-order valence-corrected chi connectivity index (χ0v) is 13.9. The summed E-state index contributed by atoms with van der Waals surface area (Å²) < 4.78 is 6.94. The summed E-state index contributed by atoms with van der Waals surface area (Å²) in [5.41, 5.74) is 1.68. The molecule has 3 rings (SSSR count). The molecular weight excluding hydrogens is 308 g/mol. The monoisotopic (exact) mass is 328 g/mol. The molecule has 24 heavy (non-hydrogen) atoms. The maximum Gasteiger partial charge on any atom is 0.254 e. The summed E-state index contributed by atoms with van der Waals surface area (Å²) in [6.07, 6.45) is 3.90. The fourth-order valence-electron chi connectivity index (χ4n) is 2.65. The molecule has 0 saturated heterocycles. The number of methoxy groups -OCH3 is 1. The summed E-state index contributed by atoms with van der Waals surface area (Å²) in [7, 11) is 1.60. The molecule has 0 bridgehead atoms. The van der Waals surface area contributed by atoms with Gasteiger partial charge < -0.3 is 14.9 Å². The van der Waals surface area contributed by atoms with Crippen LogP contribution in [0.4, 0.5) is 0 Å². The Labute approximate surface area is 140 Å². The van der Waals surface area contributed by atoms with Gasteiger partial charge in [0.05, 0.1) is 31.1 Å². The maximum absolute atomic E-state index is 12.3. The van der Waals surface area contributed by atoms with Gasteiger partial charge in [0.15, 0.2) is 5.60 Å². The smallest absolute Gasteiger partial charge is 0.254 e. The third kappa shape index (κ3) is 3.24. The summed E-state index contributed by atoms with van der Waals surface area (Å²) in [6, 6.07) is 7.49. The Kier molecular flexibility index (Phi) is 4.24. The molecule has 0 fully saturated rings. The Balaban J connectivity index is 1.68. The number of benzene rings is 1. The molecule has 1 aliphatic heterocycles. The SMILES string of the molecule is COc1ccccc1-n1cc(C(=O)NCC2(C)CC(C)=NO2)cn1. The second kappa shape index (κ2) is 6.35. The summed E-state index contributed by atoms with van der Waals surface area (Å²) in [5.74, 6) is 0.484. The molecule has 2 aromatic rings. The lowest BCUT2D eigenvalue weighted by Crippen LogP contribution is -2.40. The molecule has 126 valence electrons. The normalized spacial score (nSPS) is 19.5. The third-order valence-electron chi connectivity index (χ3n) is 3.85. The summed E-state index contributed by atoms with van der Waals surface area (Å²) in [5, 5.41) is 11.1. The van der Waals surface area contributed by atoms with E-state index in [1.807, 2.05) is 38.1 Å². The van der Waals surface area contributed by atoms with Crippen molar-refractivity contribution >= 4 is 11.6 Å². The highest BCUT2D eigenvalue weighted by atomic mass is 16.7. The molecule has 1 amide bonds. The van der Waals surface area contributed by atoms with E-state index in [2.05, 4.69) is 15.6 Å². The number of aromatic nitrogens is 2. The molecule has 1 aromatic carbocycles. The fraction of sp³-hybridized carbons (Fsp3) is 0.353. The standard InChI is InChI=1S/C17H20N4O3/c1-12-8-17(2,24-20-12)11-18-16(22)13-9-19-21(10-13)14-6-4-5-7-15(14)23-3/h4-7,9-10H,8,11H2,1-3H3,(H,18,22). The predicted octanol–water partition coefficient (Wildman–Crippen LogP) is 2.17. The summed E-state index contributed by atoms with van der Waals surface area (Å²) >= 11 is 0. The fourth-order valence-corrected chi connectivity index (χ4v) is 2.65. The quantitative estimate of drug-likeness (QED) is 0.912. The molecule has 0 spiro atoms. The predicted molar refractivity (Wildman–Crippen MR) is 89.7 cm³/mol. The van der Waals surface area contributed by atoms with E-state index < -0.39 is 5.60 Å². The minimum atomic E-state index is -0.488. The number of amides is 1. The number of rotatable bonds is 5. The Hall–Kier alpha value is -2.83. The van der Waals surface area contributed by atoms with E-state index in [4.69, 9.17) is 9.57 Å². The van der Waals surface area contributed by atoms with E-state index in [0.29, 0.717) is 24.3 Å². The van der Waals surface area contributed by atoms with Crippen LogP contribution in [0.5, 0.6) is 5.75 Å². The van der Waals surface area contributed by atoms with Crippen LogP contribution < -0.4 is 10.1 Å². The van der Waals surface area contributed by atoms with Gasteiger partial charge in [-0.1, -0.05) is 17.3 Å². The Morgan fingerprint density at radius 3 is 2.96 bits per heavy atom. The number of nitrogens with zero attached hydrogens (tertiary/aromatic N) is 3. The van der Waals surface area contributed by atoms with Crippen molar-refractivity contribution in [1.29, 1.82) is 0 Å². The number of nitrogens with one attached hydrogen (secondary N) is 1. The van der Waals surface area contributed by atoms with Crippen LogP contribution in [0.25, 0.3) is 5.69 Å². The lowest BCUT2D eigenvalue weighted by molar-refractivity contribution is -0.00181. The van der Waals surface area contributed by atoms with Crippen LogP contribution in [0.2, 0.25) is 0 Å². The lowest BCUT2D eigenvalue weighted by Gasteiger charge is -2.21. The molecule has 1 aromatic heterocycles. The molecule has 2 heterocycles. The zero-order valence-electron chi connectivity index (χ0n) is 13.9. The number of hydrogen-bond acceptors (Lipinski definition) is 5.